The second kappa shape index (κ2) is 7.28. The number of hydrogen-bond acceptors (Lipinski definition) is 2. The minimum atomic E-state index is 0.137. The smallest absolute Gasteiger partial charge is 0.261 e. The van der Waals surface area contributed by atoms with Gasteiger partial charge in [-0.3, -0.25) is 4.79 Å². The van der Waals surface area contributed by atoms with Crippen LogP contribution in [0.1, 0.15) is 65.1 Å². The monoisotopic (exact) mass is 369 g/mol. The maximum absolute atomic E-state index is 12.4. The maximum atomic E-state index is 12.4. The Kier molecular flexibility index (Phi) is 5.38. The van der Waals surface area contributed by atoms with Gasteiger partial charge in [0.25, 0.3) is 5.91 Å². The molecule has 116 valence electrons. The van der Waals surface area contributed by atoms with Crippen LogP contribution in [0.15, 0.2) is 6.07 Å². The lowest BCUT2D eigenvalue weighted by molar-refractivity contribution is 0.0948. The summed E-state index contributed by atoms with van der Waals surface area (Å²) < 4.78 is 0. The van der Waals surface area contributed by atoms with Gasteiger partial charge in [0.1, 0.15) is 0 Å². The van der Waals surface area contributed by atoms with Crippen LogP contribution in [0.2, 0.25) is 0 Å². The standard InChI is InChI=1S/C17H24BrNOS/c18-14-8-5-4-7-13(14)11-19-17(20)16-10-12-6-2-1-3-9-15(12)21-16/h10,13-14H,1-9,11H2,(H,19,20). The van der Waals surface area contributed by atoms with E-state index in [1.807, 2.05) is 0 Å². The molecule has 1 heterocycles. The largest absolute Gasteiger partial charge is 0.351 e. The van der Waals surface area contributed by atoms with Crippen molar-refractivity contribution in [2.24, 2.45) is 5.92 Å². The molecule has 0 aromatic carbocycles. The molecule has 0 bridgehead atoms. The van der Waals surface area contributed by atoms with Crippen LogP contribution in [0, 0.1) is 5.92 Å². The van der Waals surface area contributed by atoms with Crippen molar-refractivity contribution in [2.45, 2.75) is 62.6 Å². The number of amides is 1. The molecule has 3 rings (SSSR count). The van der Waals surface area contributed by atoms with Crippen LogP contribution in [0.3, 0.4) is 0 Å². The van der Waals surface area contributed by atoms with Crippen molar-refractivity contribution in [1.82, 2.24) is 5.32 Å². The zero-order chi connectivity index (χ0) is 14.7. The molecule has 2 unspecified atom stereocenters. The number of nitrogens with one attached hydrogen (secondary N) is 1. The third kappa shape index (κ3) is 3.89. The summed E-state index contributed by atoms with van der Waals surface area (Å²) in [6.07, 6.45) is 11.3. The van der Waals surface area contributed by atoms with Gasteiger partial charge in [0.2, 0.25) is 0 Å². The maximum Gasteiger partial charge on any atom is 0.261 e. The number of hydrogen-bond donors (Lipinski definition) is 1. The van der Waals surface area contributed by atoms with Crippen molar-refractivity contribution in [1.29, 1.82) is 0 Å². The number of alkyl halides is 1. The fourth-order valence-electron chi connectivity index (χ4n) is 3.48. The Hall–Kier alpha value is -0.350. The zero-order valence-corrected chi connectivity index (χ0v) is 14.9. The van der Waals surface area contributed by atoms with Crippen molar-refractivity contribution < 1.29 is 4.79 Å². The van der Waals surface area contributed by atoms with E-state index in [9.17, 15) is 4.79 Å². The van der Waals surface area contributed by atoms with Crippen LogP contribution in [0.4, 0.5) is 0 Å². The quantitative estimate of drug-likeness (QED) is 0.606. The molecule has 2 aliphatic rings. The first kappa shape index (κ1) is 15.5. The molecule has 21 heavy (non-hydrogen) atoms. The Morgan fingerprint density at radius 3 is 2.86 bits per heavy atom. The average Bonchev–Trinajstić information content (AvgIpc) is 2.77. The highest BCUT2D eigenvalue weighted by atomic mass is 79.9. The number of carbonyl (C=O) groups excluding carboxylic acids is 1. The predicted octanol–water partition coefficient (Wildman–Crippen LogP) is 4.70. The lowest BCUT2D eigenvalue weighted by atomic mass is 9.89. The molecular formula is C17H24BrNOS. The molecule has 2 nitrogen and oxygen atoms in total. The van der Waals surface area contributed by atoms with E-state index in [0.29, 0.717) is 10.7 Å². The van der Waals surface area contributed by atoms with E-state index in [1.165, 1.54) is 61.8 Å². The first-order valence-corrected chi connectivity index (χ1v) is 10.0. The van der Waals surface area contributed by atoms with Gasteiger partial charge in [-0.25, -0.2) is 0 Å². The van der Waals surface area contributed by atoms with Crippen molar-refractivity contribution in [3.05, 3.63) is 21.4 Å². The highest BCUT2D eigenvalue weighted by molar-refractivity contribution is 9.09. The molecule has 4 heteroatoms. The fraction of sp³-hybridized carbons (Fsp3) is 0.706. The van der Waals surface area contributed by atoms with E-state index in [2.05, 4.69) is 27.3 Å². The summed E-state index contributed by atoms with van der Waals surface area (Å²) in [5, 5.41) is 3.17. The van der Waals surface area contributed by atoms with Gasteiger partial charge in [-0.2, -0.15) is 0 Å². The normalized spacial score (nSPS) is 26.0. The molecule has 2 aliphatic carbocycles. The van der Waals surface area contributed by atoms with E-state index in [4.69, 9.17) is 0 Å². The lowest BCUT2D eigenvalue weighted by Crippen LogP contribution is -2.34. The average molecular weight is 370 g/mol. The SMILES string of the molecule is O=C(NCC1CCCCC1Br)c1cc2c(s1)CCCCC2. The lowest BCUT2D eigenvalue weighted by Gasteiger charge is -2.27. The van der Waals surface area contributed by atoms with Crippen molar-refractivity contribution in [3.8, 4) is 0 Å². The van der Waals surface area contributed by atoms with Crippen LogP contribution in [-0.4, -0.2) is 17.3 Å². The number of halogens is 1. The molecule has 0 aliphatic heterocycles. The first-order valence-electron chi connectivity index (χ1n) is 8.28. The van der Waals surface area contributed by atoms with E-state index in [-0.39, 0.29) is 5.91 Å². The number of thiophene rings is 1. The molecule has 1 N–H and O–H groups in total. The predicted molar refractivity (Wildman–Crippen MR) is 92.6 cm³/mol. The molecule has 1 aromatic rings. The van der Waals surface area contributed by atoms with Gasteiger partial charge >= 0.3 is 0 Å². The van der Waals surface area contributed by atoms with E-state index >= 15 is 0 Å². The third-order valence-corrected chi connectivity index (χ3v) is 7.25. The van der Waals surface area contributed by atoms with Gasteiger partial charge in [0.05, 0.1) is 4.88 Å². The molecule has 1 amide bonds. The summed E-state index contributed by atoms with van der Waals surface area (Å²) >= 11 is 5.49. The zero-order valence-electron chi connectivity index (χ0n) is 12.5. The summed E-state index contributed by atoms with van der Waals surface area (Å²) in [5.74, 6) is 0.735. The van der Waals surface area contributed by atoms with Gasteiger partial charge in [-0.15, -0.1) is 11.3 Å². The van der Waals surface area contributed by atoms with Crippen molar-refractivity contribution in [2.75, 3.05) is 6.54 Å². The molecule has 1 fully saturated rings. The van der Waals surface area contributed by atoms with Crippen LogP contribution >= 0.6 is 27.3 Å². The highest BCUT2D eigenvalue weighted by Gasteiger charge is 2.24. The molecule has 1 aromatic heterocycles. The third-order valence-electron chi connectivity index (χ3n) is 4.81. The molecular weight excluding hydrogens is 346 g/mol. The first-order chi connectivity index (χ1) is 10.2. The minimum absolute atomic E-state index is 0.137. The Balaban J connectivity index is 1.58. The summed E-state index contributed by atoms with van der Waals surface area (Å²) in [6, 6.07) is 2.15. The topological polar surface area (TPSA) is 29.1 Å². The van der Waals surface area contributed by atoms with Crippen LogP contribution in [0.5, 0.6) is 0 Å². The molecule has 0 radical (unpaired) electrons. The summed E-state index contributed by atoms with van der Waals surface area (Å²) in [5.41, 5.74) is 1.43. The second-order valence-corrected chi connectivity index (χ2v) is 8.70. The van der Waals surface area contributed by atoms with E-state index in [0.717, 1.165) is 17.8 Å². The van der Waals surface area contributed by atoms with Crippen LogP contribution in [-0.2, 0) is 12.8 Å². The van der Waals surface area contributed by atoms with Gasteiger partial charge < -0.3 is 5.32 Å². The molecule has 2 atom stereocenters. The van der Waals surface area contributed by atoms with Crippen LogP contribution in [0.25, 0.3) is 0 Å². The second-order valence-electron chi connectivity index (χ2n) is 6.39. The fourth-order valence-corrected chi connectivity index (χ4v) is 5.43. The highest BCUT2D eigenvalue weighted by Crippen LogP contribution is 2.31. The molecule has 0 saturated heterocycles. The summed E-state index contributed by atoms with van der Waals surface area (Å²) in [4.78, 5) is 15.3. The van der Waals surface area contributed by atoms with Crippen molar-refractivity contribution >= 4 is 33.2 Å². The van der Waals surface area contributed by atoms with E-state index in [1.54, 1.807) is 11.3 Å². The Labute approximate surface area is 139 Å². The molecule has 1 saturated carbocycles. The molecule has 0 spiro atoms. The van der Waals surface area contributed by atoms with Crippen LogP contribution < -0.4 is 5.32 Å². The summed E-state index contributed by atoms with van der Waals surface area (Å²) in [6.45, 7) is 0.817. The number of aryl methyl sites for hydroxylation is 2. The Morgan fingerprint density at radius 1 is 1.19 bits per heavy atom. The van der Waals surface area contributed by atoms with Crippen molar-refractivity contribution in [3.63, 3.8) is 0 Å². The van der Waals surface area contributed by atoms with Gasteiger partial charge in [0, 0.05) is 16.2 Å². The van der Waals surface area contributed by atoms with E-state index < -0.39 is 0 Å². The summed E-state index contributed by atoms with van der Waals surface area (Å²) in [7, 11) is 0. The Bertz CT molecular complexity index is 475. The number of fused-ring (bicyclic) bond motifs is 1. The van der Waals surface area contributed by atoms with Gasteiger partial charge in [-0.05, 0) is 56.1 Å². The van der Waals surface area contributed by atoms with Gasteiger partial charge in [-0.1, -0.05) is 35.2 Å². The van der Waals surface area contributed by atoms with Gasteiger partial charge in [0.15, 0.2) is 0 Å². The Morgan fingerprint density at radius 2 is 2.00 bits per heavy atom. The minimum Gasteiger partial charge on any atom is -0.351 e. The number of carbonyl (C=O) groups is 1. The number of rotatable bonds is 3.